The first-order valence-electron chi connectivity index (χ1n) is 4.09. The summed E-state index contributed by atoms with van der Waals surface area (Å²) in [5, 5.41) is 1.04. The minimum Gasteiger partial charge on any atom is -0.205 e. The van der Waals surface area contributed by atoms with Gasteiger partial charge in [-0.15, -0.1) is 11.3 Å². The molecular weight excluding hydrogens is 251 g/mol. The van der Waals surface area contributed by atoms with Gasteiger partial charge in [-0.1, -0.05) is 19.1 Å². The molecule has 0 unspecified atom stereocenters. The molecule has 1 aromatic carbocycles. The van der Waals surface area contributed by atoms with Crippen molar-refractivity contribution >= 4 is 37.4 Å². The molecule has 0 bridgehead atoms. The van der Waals surface area contributed by atoms with Crippen LogP contribution in [0.3, 0.4) is 0 Å². The van der Waals surface area contributed by atoms with Gasteiger partial charge in [-0.2, -0.15) is 0 Å². The number of aryl methyl sites for hydroxylation is 1. The third-order valence-corrected chi connectivity index (χ3v) is 4.08. The summed E-state index contributed by atoms with van der Waals surface area (Å²) in [6, 6.07) is 5.24. The van der Waals surface area contributed by atoms with E-state index in [4.69, 9.17) is 0 Å². The van der Waals surface area contributed by atoms with Gasteiger partial charge in [0.25, 0.3) is 0 Å². The van der Waals surface area contributed by atoms with Crippen LogP contribution >= 0.6 is 27.3 Å². The van der Waals surface area contributed by atoms with Gasteiger partial charge in [-0.05, 0) is 39.4 Å². The first-order chi connectivity index (χ1) is 6.24. The molecule has 0 fully saturated rings. The van der Waals surface area contributed by atoms with Crippen LogP contribution in [-0.4, -0.2) is 0 Å². The largest absolute Gasteiger partial charge is 0.205 e. The van der Waals surface area contributed by atoms with Crippen LogP contribution in [0.1, 0.15) is 12.5 Å². The van der Waals surface area contributed by atoms with Crippen molar-refractivity contribution < 1.29 is 4.39 Å². The molecule has 0 spiro atoms. The second-order valence-electron chi connectivity index (χ2n) is 2.82. The molecule has 0 N–H and O–H groups in total. The maximum atomic E-state index is 13.3. The zero-order valence-corrected chi connectivity index (χ0v) is 9.51. The summed E-state index contributed by atoms with van der Waals surface area (Å²) in [5.41, 5.74) is 1.21. The lowest BCUT2D eigenvalue weighted by atomic mass is 10.1. The van der Waals surface area contributed by atoms with Crippen molar-refractivity contribution in [1.29, 1.82) is 0 Å². The van der Waals surface area contributed by atoms with Gasteiger partial charge in [0.1, 0.15) is 5.82 Å². The van der Waals surface area contributed by atoms with E-state index in [1.54, 1.807) is 6.07 Å². The molecular formula is C10H8BrFS. The van der Waals surface area contributed by atoms with Gasteiger partial charge in [0.2, 0.25) is 0 Å². The Balaban J connectivity index is 2.86. The van der Waals surface area contributed by atoms with Crippen molar-refractivity contribution in [2.75, 3.05) is 0 Å². The van der Waals surface area contributed by atoms with Gasteiger partial charge < -0.3 is 0 Å². The summed E-state index contributed by atoms with van der Waals surface area (Å²) in [4.78, 5) is 0. The van der Waals surface area contributed by atoms with Crippen LogP contribution < -0.4 is 0 Å². The number of hydrogen-bond donors (Lipinski definition) is 0. The lowest BCUT2D eigenvalue weighted by Gasteiger charge is -1.94. The van der Waals surface area contributed by atoms with Crippen molar-refractivity contribution in [2.45, 2.75) is 13.3 Å². The lowest BCUT2D eigenvalue weighted by Crippen LogP contribution is -1.78. The first-order valence-corrected chi connectivity index (χ1v) is 5.70. The molecule has 0 radical (unpaired) electrons. The van der Waals surface area contributed by atoms with Crippen molar-refractivity contribution in [3.05, 3.63) is 33.4 Å². The third-order valence-electron chi connectivity index (χ3n) is 2.07. The van der Waals surface area contributed by atoms with Crippen LogP contribution in [0.5, 0.6) is 0 Å². The molecule has 0 aliphatic carbocycles. The maximum Gasteiger partial charge on any atom is 0.141 e. The summed E-state index contributed by atoms with van der Waals surface area (Å²) in [7, 11) is 0. The lowest BCUT2D eigenvalue weighted by molar-refractivity contribution is 0.641. The maximum absolute atomic E-state index is 13.3. The Morgan fingerprint density at radius 1 is 1.46 bits per heavy atom. The average molecular weight is 259 g/mol. The Morgan fingerprint density at radius 3 is 2.92 bits per heavy atom. The molecule has 1 heterocycles. The van der Waals surface area contributed by atoms with Gasteiger partial charge >= 0.3 is 0 Å². The van der Waals surface area contributed by atoms with Gasteiger partial charge in [0.15, 0.2) is 0 Å². The van der Waals surface area contributed by atoms with E-state index in [2.05, 4.69) is 22.9 Å². The van der Waals surface area contributed by atoms with Crippen LogP contribution in [0, 0.1) is 5.82 Å². The number of halogens is 2. The van der Waals surface area contributed by atoms with Crippen molar-refractivity contribution in [1.82, 2.24) is 0 Å². The van der Waals surface area contributed by atoms with E-state index in [0.717, 1.165) is 20.3 Å². The molecule has 0 saturated heterocycles. The van der Waals surface area contributed by atoms with E-state index >= 15 is 0 Å². The van der Waals surface area contributed by atoms with E-state index in [-0.39, 0.29) is 5.82 Å². The van der Waals surface area contributed by atoms with Crippen molar-refractivity contribution in [2.24, 2.45) is 0 Å². The SMILES string of the molecule is CCc1c(Br)sc2c(F)cccc12. The minimum atomic E-state index is -0.122. The molecule has 68 valence electrons. The highest BCUT2D eigenvalue weighted by Crippen LogP contribution is 2.36. The van der Waals surface area contributed by atoms with E-state index in [0.29, 0.717) is 0 Å². The molecule has 0 aliphatic heterocycles. The Labute approximate surface area is 88.5 Å². The molecule has 0 saturated carbocycles. The number of benzene rings is 1. The molecule has 2 rings (SSSR count). The van der Waals surface area contributed by atoms with Crippen molar-refractivity contribution in [3.63, 3.8) is 0 Å². The zero-order chi connectivity index (χ0) is 9.42. The van der Waals surface area contributed by atoms with Crippen LogP contribution in [0.2, 0.25) is 0 Å². The minimum absolute atomic E-state index is 0.122. The van der Waals surface area contributed by atoms with Gasteiger partial charge in [0.05, 0.1) is 8.49 Å². The summed E-state index contributed by atoms with van der Waals surface area (Å²) in [5.74, 6) is -0.122. The Kier molecular flexibility index (Phi) is 2.39. The highest BCUT2D eigenvalue weighted by molar-refractivity contribution is 9.11. The fourth-order valence-electron chi connectivity index (χ4n) is 1.44. The van der Waals surface area contributed by atoms with Crippen LogP contribution in [0.15, 0.2) is 22.0 Å². The summed E-state index contributed by atoms with van der Waals surface area (Å²) < 4.78 is 15.1. The molecule has 13 heavy (non-hydrogen) atoms. The smallest absolute Gasteiger partial charge is 0.141 e. The highest BCUT2D eigenvalue weighted by Gasteiger charge is 2.10. The Hall–Kier alpha value is -0.410. The molecule has 3 heteroatoms. The fraction of sp³-hybridized carbons (Fsp3) is 0.200. The first kappa shape index (κ1) is 9.16. The number of hydrogen-bond acceptors (Lipinski definition) is 1. The molecule has 0 aliphatic rings. The number of thiophene rings is 1. The monoisotopic (exact) mass is 258 g/mol. The number of rotatable bonds is 1. The molecule has 0 amide bonds. The second-order valence-corrected chi connectivity index (χ2v) is 5.16. The standard InChI is InChI=1S/C10H8BrFS/c1-2-6-7-4-3-5-8(12)9(7)13-10(6)11/h3-5H,2H2,1H3. The summed E-state index contributed by atoms with van der Waals surface area (Å²) in [6.07, 6.45) is 0.935. The van der Waals surface area contributed by atoms with Crippen LogP contribution in [0.25, 0.3) is 10.1 Å². The summed E-state index contributed by atoms with van der Waals surface area (Å²) in [6.45, 7) is 2.08. The quantitative estimate of drug-likeness (QED) is 0.713. The van der Waals surface area contributed by atoms with Crippen LogP contribution in [-0.2, 0) is 6.42 Å². The van der Waals surface area contributed by atoms with Gasteiger partial charge in [0, 0.05) is 0 Å². The molecule has 2 aromatic rings. The fourth-order valence-corrected chi connectivity index (χ4v) is 3.44. The Morgan fingerprint density at radius 2 is 2.23 bits per heavy atom. The second kappa shape index (κ2) is 3.39. The van der Waals surface area contributed by atoms with E-state index < -0.39 is 0 Å². The van der Waals surface area contributed by atoms with Crippen molar-refractivity contribution in [3.8, 4) is 0 Å². The van der Waals surface area contributed by atoms with E-state index in [1.807, 2.05) is 6.07 Å². The highest BCUT2D eigenvalue weighted by atomic mass is 79.9. The molecule has 1 aromatic heterocycles. The van der Waals surface area contributed by atoms with E-state index in [9.17, 15) is 4.39 Å². The normalized spacial score (nSPS) is 11.0. The van der Waals surface area contributed by atoms with E-state index in [1.165, 1.54) is 23.0 Å². The molecule has 0 nitrogen and oxygen atoms in total. The average Bonchev–Trinajstić information content (AvgIpc) is 2.43. The predicted octanol–water partition coefficient (Wildman–Crippen LogP) is 4.37. The molecule has 0 atom stereocenters. The Bertz CT molecular complexity index is 447. The number of fused-ring (bicyclic) bond motifs is 1. The third kappa shape index (κ3) is 1.40. The summed E-state index contributed by atoms with van der Waals surface area (Å²) >= 11 is 4.93. The van der Waals surface area contributed by atoms with Gasteiger partial charge in [-0.3, -0.25) is 0 Å². The van der Waals surface area contributed by atoms with Gasteiger partial charge in [-0.25, -0.2) is 4.39 Å². The zero-order valence-electron chi connectivity index (χ0n) is 7.10. The topological polar surface area (TPSA) is 0 Å². The van der Waals surface area contributed by atoms with Crippen LogP contribution in [0.4, 0.5) is 4.39 Å². The predicted molar refractivity (Wildman–Crippen MR) is 58.9 cm³/mol.